The number of rotatable bonds is 0. The van der Waals surface area contributed by atoms with Crippen LogP contribution in [0.15, 0.2) is 60.2 Å². The Kier molecular flexibility index (Phi) is 1.92. The van der Waals surface area contributed by atoms with Gasteiger partial charge in [-0.1, -0.05) is 60.7 Å². The van der Waals surface area contributed by atoms with Gasteiger partial charge in [-0.3, -0.25) is 0 Å². The molecule has 0 nitrogen and oxygen atoms in total. The molecule has 15 heavy (non-hydrogen) atoms. The van der Waals surface area contributed by atoms with E-state index in [4.69, 9.17) is 0 Å². The Morgan fingerprint density at radius 3 is 2.73 bits per heavy atom. The molecule has 0 saturated heterocycles. The van der Waals surface area contributed by atoms with Crippen LogP contribution in [0.1, 0.15) is 17.5 Å². The molecule has 0 saturated carbocycles. The number of hydrogen-bond acceptors (Lipinski definition) is 0. The fraction of sp³-hybridized carbons (Fsp3) is 0.0667. The summed E-state index contributed by atoms with van der Waals surface area (Å²) in [5, 5.41) is 0. The molecule has 2 aliphatic rings. The normalized spacial score (nSPS) is 17.3. The highest BCUT2D eigenvalue weighted by Crippen LogP contribution is 2.31. The second-order valence-corrected chi connectivity index (χ2v) is 3.92. The first-order valence-electron chi connectivity index (χ1n) is 5.27. The lowest BCUT2D eigenvalue weighted by Gasteiger charge is -2.06. The average molecular weight is 192 g/mol. The molecule has 0 spiro atoms. The van der Waals surface area contributed by atoms with Gasteiger partial charge < -0.3 is 0 Å². The molecular formula is C15H12. The second-order valence-electron chi connectivity index (χ2n) is 3.92. The Labute approximate surface area is 89.9 Å². The van der Waals surface area contributed by atoms with Gasteiger partial charge in [-0.25, -0.2) is 0 Å². The van der Waals surface area contributed by atoms with E-state index in [0.29, 0.717) is 0 Å². The third kappa shape index (κ3) is 1.48. The van der Waals surface area contributed by atoms with Crippen LogP contribution in [0.4, 0.5) is 0 Å². The topological polar surface area (TPSA) is 0 Å². The third-order valence-corrected chi connectivity index (χ3v) is 2.90. The minimum atomic E-state index is 1.04. The van der Waals surface area contributed by atoms with Gasteiger partial charge in [0, 0.05) is 0 Å². The maximum Gasteiger partial charge on any atom is -0.00196 e. The molecule has 0 unspecified atom stereocenters. The fourth-order valence-electron chi connectivity index (χ4n) is 2.12. The van der Waals surface area contributed by atoms with E-state index in [2.05, 4.69) is 60.7 Å². The molecule has 0 heterocycles. The molecule has 1 aromatic rings. The molecular weight excluding hydrogens is 180 g/mol. The van der Waals surface area contributed by atoms with Crippen LogP contribution in [0.25, 0.3) is 11.6 Å². The van der Waals surface area contributed by atoms with Crippen LogP contribution in [0.3, 0.4) is 0 Å². The molecule has 0 radical (unpaired) electrons. The molecule has 0 heteroatoms. The van der Waals surface area contributed by atoms with E-state index in [1.807, 2.05) is 0 Å². The quantitative estimate of drug-likeness (QED) is 0.583. The van der Waals surface area contributed by atoms with E-state index in [0.717, 1.165) is 6.42 Å². The first-order valence-corrected chi connectivity index (χ1v) is 5.27. The first kappa shape index (κ1) is 8.49. The van der Waals surface area contributed by atoms with Gasteiger partial charge in [0.15, 0.2) is 0 Å². The lowest BCUT2D eigenvalue weighted by Crippen LogP contribution is -1.86. The van der Waals surface area contributed by atoms with E-state index in [9.17, 15) is 0 Å². The fourth-order valence-corrected chi connectivity index (χ4v) is 2.12. The zero-order valence-electron chi connectivity index (χ0n) is 8.48. The molecule has 3 rings (SSSR count). The summed E-state index contributed by atoms with van der Waals surface area (Å²) >= 11 is 0. The van der Waals surface area contributed by atoms with Crippen molar-refractivity contribution in [3.8, 4) is 0 Å². The van der Waals surface area contributed by atoms with Gasteiger partial charge in [-0.2, -0.15) is 0 Å². The summed E-state index contributed by atoms with van der Waals surface area (Å²) in [7, 11) is 0. The van der Waals surface area contributed by atoms with Crippen molar-refractivity contribution in [3.05, 3.63) is 71.3 Å². The Bertz CT molecular complexity index is 511. The van der Waals surface area contributed by atoms with Crippen molar-refractivity contribution in [2.24, 2.45) is 0 Å². The molecule has 0 fully saturated rings. The van der Waals surface area contributed by atoms with Crippen molar-refractivity contribution in [3.63, 3.8) is 0 Å². The Morgan fingerprint density at radius 2 is 1.73 bits per heavy atom. The minimum Gasteiger partial charge on any atom is -0.0620 e. The predicted molar refractivity (Wildman–Crippen MR) is 65.3 cm³/mol. The number of hydrogen-bond donors (Lipinski definition) is 0. The predicted octanol–water partition coefficient (Wildman–Crippen LogP) is 3.98. The van der Waals surface area contributed by atoms with Gasteiger partial charge in [0.2, 0.25) is 0 Å². The number of allylic oxidation sites excluding steroid dienone is 7. The molecule has 72 valence electrons. The smallest absolute Gasteiger partial charge is 0.00196 e. The van der Waals surface area contributed by atoms with Crippen LogP contribution in [0.2, 0.25) is 0 Å². The van der Waals surface area contributed by atoms with Crippen LogP contribution in [0.5, 0.6) is 0 Å². The summed E-state index contributed by atoms with van der Waals surface area (Å²) in [5.41, 5.74) is 5.48. The summed E-state index contributed by atoms with van der Waals surface area (Å²) in [6, 6.07) is 8.58. The summed E-state index contributed by atoms with van der Waals surface area (Å²) < 4.78 is 0. The largest absolute Gasteiger partial charge is 0.0620 e. The average Bonchev–Trinajstić information content (AvgIpc) is 2.61. The van der Waals surface area contributed by atoms with Crippen LogP contribution in [-0.4, -0.2) is 0 Å². The van der Waals surface area contributed by atoms with Gasteiger partial charge in [0.05, 0.1) is 0 Å². The molecule has 2 aliphatic carbocycles. The van der Waals surface area contributed by atoms with Crippen molar-refractivity contribution >= 4 is 11.6 Å². The van der Waals surface area contributed by atoms with Gasteiger partial charge in [0.25, 0.3) is 0 Å². The molecule has 0 atom stereocenters. The standard InChI is InChI=1S/C15H12/c1-2-7-14-11-12(5-1)9-10-13-6-3-4-8-15(13)14/h1-10H,11H2. The van der Waals surface area contributed by atoms with Gasteiger partial charge in [-0.05, 0) is 28.7 Å². The maximum atomic E-state index is 2.22. The summed E-state index contributed by atoms with van der Waals surface area (Å²) in [6.07, 6.45) is 14.1. The van der Waals surface area contributed by atoms with E-state index in [1.54, 1.807) is 0 Å². The lowest BCUT2D eigenvalue weighted by atomic mass is 9.98. The third-order valence-electron chi connectivity index (χ3n) is 2.90. The highest BCUT2D eigenvalue weighted by atomic mass is 14.1. The Morgan fingerprint density at radius 1 is 0.867 bits per heavy atom. The van der Waals surface area contributed by atoms with Gasteiger partial charge in [0.1, 0.15) is 0 Å². The molecule has 0 amide bonds. The van der Waals surface area contributed by atoms with Crippen molar-refractivity contribution < 1.29 is 0 Å². The summed E-state index contributed by atoms with van der Waals surface area (Å²) in [6.45, 7) is 0. The Balaban J connectivity index is 2.26. The van der Waals surface area contributed by atoms with Crippen molar-refractivity contribution in [2.75, 3.05) is 0 Å². The van der Waals surface area contributed by atoms with E-state index >= 15 is 0 Å². The van der Waals surface area contributed by atoms with E-state index < -0.39 is 0 Å². The Hall–Kier alpha value is -1.82. The first-order chi connectivity index (χ1) is 7.43. The van der Waals surface area contributed by atoms with Crippen molar-refractivity contribution in [2.45, 2.75) is 6.42 Å². The van der Waals surface area contributed by atoms with E-state index in [-0.39, 0.29) is 0 Å². The van der Waals surface area contributed by atoms with Crippen molar-refractivity contribution in [1.82, 2.24) is 0 Å². The minimum absolute atomic E-state index is 1.04. The van der Waals surface area contributed by atoms with Gasteiger partial charge in [-0.15, -0.1) is 0 Å². The highest BCUT2D eigenvalue weighted by molar-refractivity contribution is 5.80. The van der Waals surface area contributed by atoms with E-state index in [1.165, 1.54) is 22.3 Å². The van der Waals surface area contributed by atoms with Crippen LogP contribution < -0.4 is 0 Å². The zero-order chi connectivity index (χ0) is 10.1. The summed E-state index contributed by atoms with van der Waals surface area (Å²) in [4.78, 5) is 0. The number of fused-ring (bicyclic) bond motifs is 4. The highest BCUT2D eigenvalue weighted by Gasteiger charge is 2.10. The zero-order valence-corrected chi connectivity index (χ0v) is 8.48. The van der Waals surface area contributed by atoms with Crippen LogP contribution >= 0.6 is 0 Å². The van der Waals surface area contributed by atoms with Crippen molar-refractivity contribution in [1.29, 1.82) is 0 Å². The van der Waals surface area contributed by atoms with Crippen LogP contribution in [0, 0.1) is 0 Å². The molecule has 0 aliphatic heterocycles. The molecule has 1 aromatic carbocycles. The maximum absolute atomic E-state index is 2.22. The lowest BCUT2D eigenvalue weighted by molar-refractivity contribution is 1.32. The van der Waals surface area contributed by atoms with Gasteiger partial charge >= 0.3 is 0 Å². The van der Waals surface area contributed by atoms with Crippen LogP contribution in [-0.2, 0) is 0 Å². The monoisotopic (exact) mass is 192 g/mol. The second kappa shape index (κ2) is 3.39. The molecule has 0 aromatic heterocycles. The molecule has 0 N–H and O–H groups in total. The molecule has 2 bridgehead atoms. The SMILES string of the molecule is C1=CC=C2CC(=C1)C=Cc1ccccc12. The number of benzene rings is 1. The summed E-state index contributed by atoms with van der Waals surface area (Å²) in [5.74, 6) is 0.